The normalized spacial score (nSPS) is 24.8. The molecule has 0 saturated carbocycles. The van der Waals surface area contributed by atoms with Crippen molar-refractivity contribution in [2.45, 2.75) is 26.2 Å². The van der Waals surface area contributed by atoms with E-state index < -0.39 is 0 Å². The van der Waals surface area contributed by atoms with Gasteiger partial charge in [-0.25, -0.2) is 0 Å². The molecule has 1 unspecified atom stereocenters. The summed E-state index contributed by atoms with van der Waals surface area (Å²) in [4.78, 5) is 10.8. The first-order chi connectivity index (χ1) is 5.33. The van der Waals surface area contributed by atoms with Gasteiger partial charge in [0, 0.05) is 6.42 Å². The summed E-state index contributed by atoms with van der Waals surface area (Å²) in [6.07, 6.45) is 10.8. The van der Waals surface area contributed by atoms with Gasteiger partial charge in [-0.2, -0.15) is 0 Å². The Kier molecular flexibility index (Phi) is 3.09. The van der Waals surface area contributed by atoms with Gasteiger partial charge in [-0.05, 0) is 31.8 Å². The second-order valence-corrected chi connectivity index (χ2v) is 2.93. The summed E-state index contributed by atoms with van der Waals surface area (Å²) in [5.41, 5.74) is 0. The molecule has 1 atom stereocenters. The zero-order valence-electron chi connectivity index (χ0n) is 6.92. The van der Waals surface area contributed by atoms with Crippen LogP contribution >= 0.6 is 0 Å². The van der Waals surface area contributed by atoms with E-state index in [-0.39, 0.29) is 5.78 Å². The molecule has 0 fully saturated rings. The molecule has 0 heterocycles. The van der Waals surface area contributed by atoms with Crippen LogP contribution < -0.4 is 0 Å². The minimum absolute atomic E-state index is 0.279. The van der Waals surface area contributed by atoms with Gasteiger partial charge in [0.1, 0.15) is 0 Å². The summed E-state index contributed by atoms with van der Waals surface area (Å²) in [5, 5.41) is 0. The molecular formula is C10H14O. The van der Waals surface area contributed by atoms with Crippen LogP contribution in [0, 0.1) is 5.92 Å². The summed E-state index contributed by atoms with van der Waals surface area (Å²) in [5.74, 6) is 0.880. The van der Waals surface area contributed by atoms with Crippen molar-refractivity contribution in [3.63, 3.8) is 0 Å². The third-order valence-corrected chi connectivity index (χ3v) is 1.99. The molecule has 0 radical (unpaired) electrons. The monoisotopic (exact) mass is 150 g/mol. The summed E-state index contributed by atoms with van der Waals surface area (Å²) < 4.78 is 0. The van der Waals surface area contributed by atoms with Crippen LogP contribution in [0.15, 0.2) is 24.3 Å². The van der Waals surface area contributed by atoms with E-state index in [2.05, 4.69) is 12.2 Å². The summed E-state index contributed by atoms with van der Waals surface area (Å²) >= 11 is 0. The predicted octanol–water partition coefficient (Wildman–Crippen LogP) is 2.49. The summed E-state index contributed by atoms with van der Waals surface area (Å²) in [6, 6.07) is 0. The van der Waals surface area contributed by atoms with Crippen molar-refractivity contribution >= 4 is 5.78 Å². The van der Waals surface area contributed by atoms with Crippen molar-refractivity contribution in [2.75, 3.05) is 0 Å². The summed E-state index contributed by atoms with van der Waals surface area (Å²) in [6.45, 7) is 2.03. The average molecular weight is 150 g/mol. The van der Waals surface area contributed by atoms with Gasteiger partial charge >= 0.3 is 0 Å². The number of allylic oxidation sites excluding steroid dienone is 4. The van der Waals surface area contributed by atoms with Crippen molar-refractivity contribution < 1.29 is 4.79 Å². The number of carbonyl (C=O) groups excluding carboxylic acids is 1. The Balaban J connectivity index is 2.38. The number of carbonyl (C=O) groups is 1. The molecular weight excluding hydrogens is 136 g/mol. The van der Waals surface area contributed by atoms with Crippen LogP contribution in [-0.4, -0.2) is 5.78 Å². The fraction of sp³-hybridized carbons (Fsp3) is 0.500. The van der Waals surface area contributed by atoms with E-state index in [4.69, 9.17) is 0 Å². The van der Waals surface area contributed by atoms with E-state index in [1.807, 2.05) is 13.0 Å². The summed E-state index contributed by atoms with van der Waals surface area (Å²) in [7, 11) is 0. The third-order valence-electron chi connectivity index (χ3n) is 1.99. The van der Waals surface area contributed by atoms with Gasteiger partial charge in [0.2, 0.25) is 0 Å². The minimum atomic E-state index is 0.279. The number of hydrogen-bond acceptors (Lipinski definition) is 1. The van der Waals surface area contributed by atoms with Crippen LogP contribution in [0.3, 0.4) is 0 Å². The molecule has 0 aromatic rings. The number of ketones is 1. The first-order valence-corrected chi connectivity index (χ1v) is 4.15. The smallest absolute Gasteiger partial charge is 0.155 e. The van der Waals surface area contributed by atoms with Crippen molar-refractivity contribution in [3.8, 4) is 0 Å². The van der Waals surface area contributed by atoms with Crippen LogP contribution in [0.2, 0.25) is 0 Å². The van der Waals surface area contributed by atoms with Crippen molar-refractivity contribution in [2.24, 2.45) is 5.92 Å². The lowest BCUT2D eigenvalue weighted by Crippen LogP contribution is -2.06. The van der Waals surface area contributed by atoms with Crippen molar-refractivity contribution in [3.05, 3.63) is 24.3 Å². The molecule has 0 bridgehead atoms. The number of hydrogen-bond donors (Lipinski definition) is 0. The standard InChI is InChI=1S/C10H14O/c1-2-3-4-9-5-7-10(11)8-6-9/h2-3,5,7,9H,4,6,8H2,1H3/b3-2+. The average Bonchev–Trinajstić information content (AvgIpc) is 2.04. The molecule has 1 aliphatic carbocycles. The van der Waals surface area contributed by atoms with E-state index in [1.165, 1.54) is 0 Å². The Hall–Kier alpha value is -0.850. The first-order valence-electron chi connectivity index (χ1n) is 4.15. The lowest BCUT2D eigenvalue weighted by atomic mass is 9.92. The Labute approximate surface area is 67.8 Å². The fourth-order valence-electron chi connectivity index (χ4n) is 1.26. The van der Waals surface area contributed by atoms with E-state index in [0.29, 0.717) is 5.92 Å². The fourth-order valence-corrected chi connectivity index (χ4v) is 1.26. The molecule has 0 spiro atoms. The van der Waals surface area contributed by atoms with Gasteiger partial charge in [-0.1, -0.05) is 18.2 Å². The van der Waals surface area contributed by atoms with E-state index >= 15 is 0 Å². The third kappa shape index (κ3) is 2.71. The SMILES string of the molecule is C/C=C/CC1C=CC(=O)CC1. The molecule has 1 rings (SSSR count). The zero-order valence-corrected chi connectivity index (χ0v) is 6.92. The largest absolute Gasteiger partial charge is 0.295 e. The highest BCUT2D eigenvalue weighted by atomic mass is 16.1. The van der Waals surface area contributed by atoms with E-state index in [1.54, 1.807) is 6.08 Å². The van der Waals surface area contributed by atoms with Gasteiger partial charge < -0.3 is 0 Å². The van der Waals surface area contributed by atoms with E-state index in [9.17, 15) is 4.79 Å². The van der Waals surface area contributed by atoms with Crippen LogP contribution in [0.5, 0.6) is 0 Å². The second kappa shape index (κ2) is 4.12. The lowest BCUT2D eigenvalue weighted by Gasteiger charge is -2.12. The lowest BCUT2D eigenvalue weighted by molar-refractivity contribution is -0.115. The quantitative estimate of drug-likeness (QED) is 0.553. The Morgan fingerprint density at radius 3 is 3.09 bits per heavy atom. The van der Waals surface area contributed by atoms with Gasteiger partial charge in [-0.3, -0.25) is 4.79 Å². The van der Waals surface area contributed by atoms with Crippen LogP contribution in [0.4, 0.5) is 0 Å². The maximum Gasteiger partial charge on any atom is 0.155 e. The number of rotatable bonds is 2. The molecule has 0 N–H and O–H groups in total. The molecule has 0 aromatic heterocycles. The minimum Gasteiger partial charge on any atom is -0.295 e. The molecule has 0 amide bonds. The molecule has 1 heteroatoms. The highest BCUT2D eigenvalue weighted by Crippen LogP contribution is 2.18. The maximum atomic E-state index is 10.8. The topological polar surface area (TPSA) is 17.1 Å². The van der Waals surface area contributed by atoms with Gasteiger partial charge in [0.05, 0.1) is 0 Å². The Morgan fingerprint density at radius 2 is 2.55 bits per heavy atom. The van der Waals surface area contributed by atoms with E-state index in [0.717, 1.165) is 19.3 Å². The Morgan fingerprint density at radius 1 is 1.73 bits per heavy atom. The van der Waals surface area contributed by atoms with Crippen LogP contribution in [0.25, 0.3) is 0 Å². The highest BCUT2D eigenvalue weighted by Gasteiger charge is 2.10. The molecule has 1 nitrogen and oxygen atoms in total. The second-order valence-electron chi connectivity index (χ2n) is 2.93. The molecule has 0 saturated heterocycles. The van der Waals surface area contributed by atoms with Gasteiger partial charge in [-0.15, -0.1) is 0 Å². The van der Waals surface area contributed by atoms with Crippen LogP contribution in [-0.2, 0) is 4.79 Å². The van der Waals surface area contributed by atoms with Gasteiger partial charge in [0.15, 0.2) is 5.78 Å². The van der Waals surface area contributed by atoms with Crippen molar-refractivity contribution in [1.82, 2.24) is 0 Å². The molecule has 11 heavy (non-hydrogen) atoms. The predicted molar refractivity (Wildman–Crippen MR) is 46.3 cm³/mol. The highest BCUT2D eigenvalue weighted by molar-refractivity contribution is 5.90. The van der Waals surface area contributed by atoms with Crippen molar-refractivity contribution in [1.29, 1.82) is 0 Å². The molecule has 0 aromatic carbocycles. The van der Waals surface area contributed by atoms with Gasteiger partial charge in [0.25, 0.3) is 0 Å². The molecule has 60 valence electrons. The molecule has 1 aliphatic rings. The maximum absolute atomic E-state index is 10.8. The first kappa shape index (κ1) is 8.25. The zero-order chi connectivity index (χ0) is 8.10. The molecule has 0 aliphatic heterocycles. The Bertz CT molecular complexity index is 189. The van der Waals surface area contributed by atoms with Crippen LogP contribution in [0.1, 0.15) is 26.2 Å².